The van der Waals surface area contributed by atoms with Gasteiger partial charge in [0, 0.05) is 25.7 Å². The van der Waals surface area contributed by atoms with Gasteiger partial charge in [-0.25, -0.2) is 13.4 Å². The maximum Gasteiger partial charge on any atom is 0.251 e. The molecular weight excluding hydrogens is 436 g/mol. The fourth-order valence-corrected chi connectivity index (χ4v) is 5.19. The Morgan fingerprint density at radius 3 is 2.71 bits per heavy atom. The van der Waals surface area contributed by atoms with E-state index in [-0.39, 0.29) is 23.4 Å². The van der Waals surface area contributed by atoms with E-state index in [4.69, 9.17) is 0 Å². The van der Waals surface area contributed by atoms with Gasteiger partial charge in [0.25, 0.3) is 5.91 Å². The van der Waals surface area contributed by atoms with Crippen LogP contribution in [-0.4, -0.2) is 50.0 Å². The number of nitrogens with zero attached hydrogens (tertiary/aromatic N) is 5. The highest BCUT2D eigenvalue weighted by Gasteiger charge is 2.26. The van der Waals surface area contributed by atoms with Gasteiger partial charge in [-0.1, -0.05) is 6.07 Å². The van der Waals surface area contributed by atoms with Crippen molar-refractivity contribution in [1.82, 2.24) is 27.9 Å². The molecule has 0 bridgehead atoms. The first-order valence-corrected chi connectivity index (χ1v) is 11.8. The van der Waals surface area contributed by atoms with Gasteiger partial charge < -0.3 is 9.88 Å². The zero-order chi connectivity index (χ0) is 22.3. The molecule has 2 aromatic carbocycles. The van der Waals surface area contributed by atoms with E-state index in [1.165, 1.54) is 17.4 Å². The van der Waals surface area contributed by atoms with Crippen LogP contribution < -0.4 is 5.32 Å². The Balaban J connectivity index is 1.65. The van der Waals surface area contributed by atoms with Gasteiger partial charge >= 0.3 is 0 Å². The van der Waals surface area contributed by atoms with E-state index in [0.717, 1.165) is 17.2 Å². The number of hydrogen-bond acceptors (Lipinski definition) is 7. The molecule has 162 valence electrons. The Hall–Kier alpha value is -2.89. The highest BCUT2D eigenvalue weighted by Crippen LogP contribution is 2.25. The van der Waals surface area contributed by atoms with Gasteiger partial charge in [-0.15, -0.1) is 0 Å². The van der Waals surface area contributed by atoms with Crippen molar-refractivity contribution in [3.05, 3.63) is 47.8 Å². The summed E-state index contributed by atoms with van der Waals surface area (Å²) in [6.45, 7) is 3.86. The minimum absolute atomic E-state index is 0.0266. The third kappa shape index (κ3) is 3.91. The first kappa shape index (κ1) is 21.3. The molecule has 0 radical (unpaired) electrons. The normalized spacial score (nSPS) is 12.3. The van der Waals surface area contributed by atoms with Crippen molar-refractivity contribution in [2.45, 2.75) is 31.3 Å². The molecule has 4 aromatic rings. The lowest BCUT2D eigenvalue weighted by Gasteiger charge is -2.17. The molecule has 0 aliphatic rings. The van der Waals surface area contributed by atoms with Crippen LogP contribution in [0.5, 0.6) is 0 Å². The van der Waals surface area contributed by atoms with Crippen LogP contribution in [0.1, 0.15) is 30.0 Å². The number of amides is 1. The lowest BCUT2D eigenvalue weighted by atomic mass is 10.2. The molecule has 11 heteroatoms. The van der Waals surface area contributed by atoms with Crippen LogP contribution in [0.3, 0.4) is 0 Å². The SMILES string of the molecule is CC(C)NC(=O)c1ccc2c(c1)nc(CN(C)S(=O)(=O)c1cccc3nsnc13)n2C. The molecule has 4 rings (SSSR count). The topological polar surface area (TPSA) is 110 Å². The van der Waals surface area contributed by atoms with Crippen LogP contribution in [0.4, 0.5) is 0 Å². The molecule has 0 saturated heterocycles. The monoisotopic (exact) mass is 458 g/mol. The van der Waals surface area contributed by atoms with Crippen LogP contribution in [-0.2, 0) is 23.6 Å². The van der Waals surface area contributed by atoms with Gasteiger partial charge in [0.05, 0.1) is 29.3 Å². The molecule has 0 aliphatic heterocycles. The van der Waals surface area contributed by atoms with Crippen molar-refractivity contribution in [2.24, 2.45) is 7.05 Å². The molecule has 0 saturated carbocycles. The summed E-state index contributed by atoms with van der Waals surface area (Å²) >= 11 is 0.979. The molecule has 0 atom stereocenters. The van der Waals surface area contributed by atoms with Crippen molar-refractivity contribution in [3.63, 3.8) is 0 Å². The number of rotatable bonds is 6. The summed E-state index contributed by atoms with van der Waals surface area (Å²) in [5.41, 5.74) is 2.87. The summed E-state index contributed by atoms with van der Waals surface area (Å²) in [6.07, 6.45) is 0. The van der Waals surface area contributed by atoms with Gasteiger partial charge in [0.15, 0.2) is 0 Å². The molecule has 0 aliphatic carbocycles. The van der Waals surface area contributed by atoms with E-state index < -0.39 is 10.0 Å². The largest absolute Gasteiger partial charge is 0.350 e. The standard InChI is InChI=1S/C20H22N6O3S2/c1-12(2)21-20(27)13-8-9-16-15(10-13)22-18(26(16)4)11-25(3)31(28,29)17-7-5-6-14-19(17)24-30-23-14/h5-10,12H,11H2,1-4H3,(H,21,27). The van der Waals surface area contributed by atoms with Crippen LogP contribution in [0.15, 0.2) is 41.3 Å². The molecule has 2 heterocycles. The molecule has 1 amide bonds. The zero-order valence-electron chi connectivity index (χ0n) is 17.5. The summed E-state index contributed by atoms with van der Waals surface area (Å²) in [5, 5.41) is 2.86. The number of carbonyl (C=O) groups excluding carboxylic acids is 1. The molecule has 9 nitrogen and oxygen atoms in total. The average molecular weight is 459 g/mol. The third-order valence-electron chi connectivity index (χ3n) is 4.96. The van der Waals surface area contributed by atoms with E-state index in [9.17, 15) is 13.2 Å². The smallest absolute Gasteiger partial charge is 0.251 e. The quantitative estimate of drug-likeness (QED) is 0.475. The maximum atomic E-state index is 13.2. The van der Waals surface area contributed by atoms with Crippen molar-refractivity contribution >= 4 is 49.7 Å². The fourth-order valence-electron chi connectivity index (χ4n) is 3.32. The van der Waals surface area contributed by atoms with Crippen LogP contribution >= 0.6 is 11.7 Å². The number of sulfonamides is 1. The van der Waals surface area contributed by atoms with Gasteiger partial charge in [-0.3, -0.25) is 4.79 Å². The summed E-state index contributed by atoms with van der Waals surface area (Å²) in [6, 6.07) is 10.2. The number of aromatic nitrogens is 4. The predicted octanol–water partition coefficient (Wildman–Crippen LogP) is 2.54. The molecule has 0 spiro atoms. The Bertz CT molecular complexity index is 1390. The van der Waals surface area contributed by atoms with Gasteiger partial charge in [0.1, 0.15) is 21.8 Å². The second-order valence-electron chi connectivity index (χ2n) is 7.57. The van der Waals surface area contributed by atoms with Gasteiger partial charge in [0.2, 0.25) is 10.0 Å². The second-order valence-corrected chi connectivity index (χ2v) is 10.1. The summed E-state index contributed by atoms with van der Waals surface area (Å²) < 4.78 is 37.7. The van der Waals surface area contributed by atoms with Crippen LogP contribution in [0.2, 0.25) is 0 Å². The molecule has 31 heavy (non-hydrogen) atoms. The number of benzene rings is 2. The Morgan fingerprint density at radius 1 is 1.19 bits per heavy atom. The van der Waals surface area contributed by atoms with Gasteiger partial charge in [-0.2, -0.15) is 13.1 Å². The number of imidazole rings is 1. The number of aryl methyl sites for hydroxylation is 1. The Kier molecular flexibility index (Phi) is 5.50. The van der Waals surface area contributed by atoms with E-state index in [2.05, 4.69) is 19.0 Å². The van der Waals surface area contributed by atoms with Gasteiger partial charge in [-0.05, 0) is 44.2 Å². The van der Waals surface area contributed by atoms with E-state index in [1.807, 2.05) is 31.5 Å². The predicted molar refractivity (Wildman–Crippen MR) is 119 cm³/mol. The number of hydrogen-bond donors (Lipinski definition) is 1. The highest BCUT2D eigenvalue weighted by molar-refractivity contribution is 7.89. The zero-order valence-corrected chi connectivity index (χ0v) is 19.2. The molecular formula is C20H22N6O3S2. The fraction of sp³-hybridized carbons (Fsp3) is 0.300. The first-order chi connectivity index (χ1) is 14.7. The molecule has 0 unspecified atom stereocenters. The number of carbonyl (C=O) groups is 1. The summed E-state index contributed by atoms with van der Waals surface area (Å²) in [4.78, 5) is 17.0. The van der Waals surface area contributed by atoms with Crippen molar-refractivity contribution in [1.29, 1.82) is 0 Å². The minimum Gasteiger partial charge on any atom is -0.350 e. The lowest BCUT2D eigenvalue weighted by Crippen LogP contribution is -2.29. The van der Waals surface area contributed by atoms with Crippen molar-refractivity contribution < 1.29 is 13.2 Å². The highest BCUT2D eigenvalue weighted by atomic mass is 32.2. The number of nitrogens with one attached hydrogen (secondary N) is 1. The Labute approximate surface area is 184 Å². The second kappa shape index (κ2) is 7.98. The number of fused-ring (bicyclic) bond motifs is 2. The average Bonchev–Trinajstić information content (AvgIpc) is 3.31. The van der Waals surface area contributed by atoms with Crippen LogP contribution in [0.25, 0.3) is 22.1 Å². The van der Waals surface area contributed by atoms with Crippen LogP contribution in [0, 0.1) is 0 Å². The maximum absolute atomic E-state index is 13.2. The Morgan fingerprint density at radius 2 is 1.97 bits per heavy atom. The molecule has 2 aromatic heterocycles. The van der Waals surface area contributed by atoms with E-state index in [0.29, 0.717) is 27.9 Å². The molecule has 0 fully saturated rings. The van der Waals surface area contributed by atoms with Crippen molar-refractivity contribution in [3.8, 4) is 0 Å². The van der Waals surface area contributed by atoms with E-state index >= 15 is 0 Å². The lowest BCUT2D eigenvalue weighted by molar-refractivity contribution is 0.0943. The third-order valence-corrected chi connectivity index (χ3v) is 7.33. The minimum atomic E-state index is -3.80. The van der Waals surface area contributed by atoms with E-state index in [1.54, 1.807) is 24.3 Å². The summed E-state index contributed by atoms with van der Waals surface area (Å²) in [7, 11) is -0.471. The molecule has 1 N–H and O–H groups in total. The summed E-state index contributed by atoms with van der Waals surface area (Å²) in [5.74, 6) is 0.389. The first-order valence-electron chi connectivity index (χ1n) is 9.62. The van der Waals surface area contributed by atoms with Crippen molar-refractivity contribution in [2.75, 3.05) is 7.05 Å².